The minimum atomic E-state index is -0.940. The fourth-order valence-electron chi connectivity index (χ4n) is 3.38. The molecule has 39 heavy (non-hydrogen) atoms. The molecule has 0 aliphatic carbocycles. The van der Waals surface area contributed by atoms with E-state index in [1.807, 2.05) is 0 Å². The molecule has 0 saturated heterocycles. The highest BCUT2D eigenvalue weighted by molar-refractivity contribution is 5.98. The van der Waals surface area contributed by atoms with E-state index in [9.17, 15) is 24.3 Å². The van der Waals surface area contributed by atoms with E-state index >= 15 is 0 Å². The van der Waals surface area contributed by atoms with Crippen molar-refractivity contribution in [2.75, 3.05) is 52.0 Å². The minimum Gasteiger partial charge on any atom is -0.392 e. The molecule has 1 aromatic rings. The third-order valence-electron chi connectivity index (χ3n) is 5.55. The molecule has 13 nitrogen and oxygen atoms in total. The van der Waals surface area contributed by atoms with E-state index in [0.29, 0.717) is 44.1 Å². The van der Waals surface area contributed by atoms with E-state index in [4.69, 9.17) is 19.9 Å². The van der Waals surface area contributed by atoms with Gasteiger partial charge in [-0.15, -0.1) is 0 Å². The molecule has 0 saturated carbocycles. The van der Waals surface area contributed by atoms with Crippen LogP contribution in [0.1, 0.15) is 38.7 Å². The standard InChI is InChI=1S/C26H43N5O8/c1-18(2)23(31-22(33)10-12-38-15-16-39-14-13-37-3)25(35)30-21(5-4-11-28-26(27)36)24(34)29-20-8-6-19(17-32)7-9-20/h6-9,18,21,23,32H,4-5,10-17H2,1-3H3,(H,29,34)(H,30,35)(H,31,33)(H3,27,28,36)/t21-,23-/m1/s1. The average Bonchev–Trinajstić information content (AvgIpc) is 2.90. The highest BCUT2D eigenvalue weighted by atomic mass is 16.5. The summed E-state index contributed by atoms with van der Waals surface area (Å²) in [4.78, 5) is 49.6. The Hall–Kier alpha value is -3.26. The number of benzene rings is 1. The highest BCUT2D eigenvalue weighted by Crippen LogP contribution is 2.12. The zero-order valence-corrected chi connectivity index (χ0v) is 23.0. The van der Waals surface area contributed by atoms with Crippen LogP contribution in [0, 0.1) is 5.92 Å². The molecule has 1 rings (SSSR count). The lowest BCUT2D eigenvalue weighted by molar-refractivity contribution is -0.132. The van der Waals surface area contributed by atoms with Gasteiger partial charge >= 0.3 is 6.03 Å². The number of carbonyl (C=O) groups is 4. The number of carbonyl (C=O) groups excluding carboxylic acids is 4. The first-order valence-corrected chi connectivity index (χ1v) is 13.0. The van der Waals surface area contributed by atoms with E-state index in [1.54, 1.807) is 45.2 Å². The van der Waals surface area contributed by atoms with E-state index in [2.05, 4.69) is 21.3 Å². The van der Waals surface area contributed by atoms with Crippen molar-refractivity contribution in [3.63, 3.8) is 0 Å². The van der Waals surface area contributed by atoms with Crippen LogP contribution in [0.3, 0.4) is 0 Å². The van der Waals surface area contributed by atoms with Crippen molar-refractivity contribution in [2.24, 2.45) is 11.7 Å². The van der Waals surface area contributed by atoms with Crippen molar-refractivity contribution in [3.8, 4) is 0 Å². The molecule has 0 radical (unpaired) electrons. The normalized spacial score (nSPS) is 12.4. The van der Waals surface area contributed by atoms with Crippen LogP contribution in [0.2, 0.25) is 0 Å². The van der Waals surface area contributed by atoms with E-state index < -0.39 is 29.9 Å². The van der Waals surface area contributed by atoms with Gasteiger partial charge in [0.05, 0.1) is 39.6 Å². The molecule has 0 aromatic heterocycles. The number of nitrogens with one attached hydrogen (secondary N) is 4. The summed E-state index contributed by atoms with van der Waals surface area (Å²) in [6.07, 6.45) is 0.642. The number of primary amides is 1. The molecule has 0 fully saturated rings. The minimum absolute atomic E-state index is 0.0567. The molecule has 0 aliphatic rings. The second-order valence-electron chi connectivity index (χ2n) is 9.10. The molecular formula is C26H43N5O8. The number of anilines is 1. The number of hydrogen-bond acceptors (Lipinski definition) is 8. The third kappa shape index (κ3) is 15.1. The zero-order valence-electron chi connectivity index (χ0n) is 23.0. The Morgan fingerprint density at radius 3 is 2.15 bits per heavy atom. The van der Waals surface area contributed by atoms with Crippen LogP contribution in [-0.2, 0) is 35.2 Å². The van der Waals surface area contributed by atoms with Crippen LogP contribution in [0.4, 0.5) is 10.5 Å². The van der Waals surface area contributed by atoms with E-state index in [-0.39, 0.29) is 44.4 Å². The Morgan fingerprint density at radius 2 is 1.56 bits per heavy atom. The van der Waals surface area contributed by atoms with E-state index in [0.717, 1.165) is 0 Å². The smallest absolute Gasteiger partial charge is 0.312 e. The first-order chi connectivity index (χ1) is 18.7. The van der Waals surface area contributed by atoms with Crippen molar-refractivity contribution in [1.82, 2.24) is 16.0 Å². The first kappa shape index (κ1) is 33.8. The Kier molecular flexibility index (Phi) is 17.1. The summed E-state index contributed by atoms with van der Waals surface area (Å²) in [7, 11) is 1.58. The summed E-state index contributed by atoms with van der Waals surface area (Å²) in [6.45, 7) is 5.49. The number of hydrogen-bond donors (Lipinski definition) is 6. The first-order valence-electron chi connectivity index (χ1n) is 13.0. The van der Waals surface area contributed by atoms with Crippen LogP contribution in [0.5, 0.6) is 0 Å². The fraction of sp³-hybridized carbons (Fsp3) is 0.615. The van der Waals surface area contributed by atoms with Crippen molar-refractivity contribution >= 4 is 29.4 Å². The fourth-order valence-corrected chi connectivity index (χ4v) is 3.38. The predicted molar refractivity (Wildman–Crippen MR) is 145 cm³/mol. The monoisotopic (exact) mass is 553 g/mol. The second kappa shape index (κ2) is 19.8. The number of rotatable bonds is 20. The molecule has 0 bridgehead atoms. The molecule has 220 valence electrons. The van der Waals surface area contributed by atoms with Gasteiger partial charge in [-0.1, -0.05) is 26.0 Å². The Bertz CT molecular complexity index is 882. The Morgan fingerprint density at radius 1 is 0.923 bits per heavy atom. The molecular weight excluding hydrogens is 510 g/mol. The summed E-state index contributed by atoms with van der Waals surface area (Å²) in [5.41, 5.74) is 6.27. The summed E-state index contributed by atoms with van der Waals surface area (Å²) >= 11 is 0. The van der Waals surface area contributed by atoms with Gasteiger partial charge < -0.3 is 46.3 Å². The quantitative estimate of drug-likeness (QED) is 0.124. The van der Waals surface area contributed by atoms with Gasteiger partial charge in [0.1, 0.15) is 12.1 Å². The lowest BCUT2D eigenvalue weighted by atomic mass is 10.0. The lowest BCUT2D eigenvalue weighted by Gasteiger charge is -2.25. The third-order valence-corrected chi connectivity index (χ3v) is 5.55. The average molecular weight is 554 g/mol. The molecule has 0 aliphatic heterocycles. The summed E-state index contributed by atoms with van der Waals surface area (Å²) < 4.78 is 15.6. The van der Waals surface area contributed by atoms with Gasteiger partial charge in [-0.05, 0) is 36.5 Å². The molecule has 2 atom stereocenters. The molecule has 0 unspecified atom stereocenters. The topological polar surface area (TPSA) is 190 Å². The Labute approximate surface area is 229 Å². The van der Waals surface area contributed by atoms with Crippen molar-refractivity contribution in [2.45, 2.75) is 51.8 Å². The van der Waals surface area contributed by atoms with Gasteiger partial charge in [-0.2, -0.15) is 0 Å². The number of ether oxygens (including phenoxy) is 3. The number of aliphatic hydroxyl groups excluding tert-OH is 1. The molecule has 13 heteroatoms. The highest BCUT2D eigenvalue weighted by Gasteiger charge is 2.28. The van der Waals surface area contributed by atoms with E-state index in [1.165, 1.54) is 0 Å². The number of aliphatic hydroxyl groups is 1. The number of urea groups is 1. The Balaban J connectivity index is 2.70. The van der Waals surface area contributed by atoms with Gasteiger partial charge in [0, 0.05) is 25.8 Å². The summed E-state index contributed by atoms with van der Waals surface area (Å²) in [5, 5.41) is 19.8. The maximum absolute atomic E-state index is 13.1. The molecule has 7 N–H and O–H groups in total. The predicted octanol–water partition coefficient (Wildman–Crippen LogP) is 0.261. The van der Waals surface area contributed by atoms with Crippen LogP contribution >= 0.6 is 0 Å². The van der Waals surface area contributed by atoms with Gasteiger partial charge in [-0.25, -0.2) is 4.79 Å². The van der Waals surface area contributed by atoms with Crippen LogP contribution < -0.4 is 27.0 Å². The maximum Gasteiger partial charge on any atom is 0.312 e. The van der Waals surface area contributed by atoms with Gasteiger partial charge in [-0.3, -0.25) is 14.4 Å². The molecule has 5 amide bonds. The number of nitrogens with two attached hydrogens (primary N) is 1. The van der Waals surface area contributed by atoms with Gasteiger partial charge in [0.25, 0.3) is 0 Å². The van der Waals surface area contributed by atoms with Crippen molar-refractivity contribution in [3.05, 3.63) is 29.8 Å². The van der Waals surface area contributed by atoms with Gasteiger partial charge in [0.15, 0.2) is 0 Å². The lowest BCUT2D eigenvalue weighted by Crippen LogP contribution is -2.54. The molecule has 0 heterocycles. The largest absolute Gasteiger partial charge is 0.392 e. The summed E-state index contributed by atoms with van der Waals surface area (Å²) in [6, 6.07) is 4.12. The summed E-state index contributed by atoms with van der Waals surface area (Å²) in [5.74, 6) is -1.59. The number of methoxy groups -OCH3 is 1. The SMILES string of the molecule is COCCOCCOCCC(=O)N[C@@H](C(=O)N[C@H](CCCNC(N)=O)C(=O)Nc1ccc(CO)cc1)C(C)C. The number of amides is 5. The molecule has 0 spiro atoms. The van der Waals surface area contributed by atoms with Crippen LogP contribution in [0.15, 0.2) is 24.3 Å². The van der Waals surface area contributed by atoms with Gasteiger partial charge in [0.2, 0.25) is 17.7 Å². The van der Waals surface area contributed by atoms with Crippen LogP contribution in [0.25, 0.3) is 0 Å². The van der Waals surface area contributed by atoms with Crippen molar-refractivity contribution < 1.29 is 38.5 Å². The molecule has 1 aromatic carbocycles. The second-order valence-corrected chi connectivity index (χ2v) is 9.10. The maximum atomic E-state index is 13.1. The van der Waals surface area contributed by atoms with Crippen molar-refractivity contribution in [1.29, 1.82) is 0 Å². The zero-order chi connectivity index (χ0) is 29.0. The van der Waals surface area contributed by atoms with Crippen LogP contribution in [-0.4, -0.2) is 87.6 Å².